The Hall–Kier alpha value is -0.870. The summed E-state index contributed by atoms with van der Waals surface area (Å²) < 4.78 is 0. The summed E-state index contributed by atoms with van der Waals surface area (Å²) >= 11 is 1.61. The van der Waals surface area contributed by atoms with Crippen molar-refractivity contribution in [3.8, 4) is 0 Å². The molecule has 104 valence electrons. The molecule has 0 radical (unpaired) electrons. The quantitative estimate of drug-likeness (QED) is 0.902. The maximum absolute atomic E-state index is 12.3. The fourth-order valence-electron chi connectivity index (χ4n) is 3.47. The minimum Gasteiger partial charge on any atom is -0.348 e. The molecule has 1 aromatic rings. The average Bonchev–Trinajstić information content (AvgIpc) is 2.78. The number of carbonyl (C=O) groups is 1. The van der Waals surface area contributed by atoms with Gasteiger partial charge in [0.05, 0.1) is 4.88 Å². The SMILES string of the molecule is Cc1cc(C(=O)NC2C[C@@H]3CC[C@@H](C2)N3C)sc1C. The number of fused-ring (bicyclic) bond motifs is 2. The van der Waals surface area contributed by atoms with Crippen LogP contribution in [0.1, 0.15) is 45.8 Å². The summed E-state index contributed by atoms with van der Waals surface area (Å²) in [5.41, 5.74) is 1.22. The molecule has 1 N–H and O–H groups in total. The number of nitrogens with one attached hydrogen (secondary N) is 1. The minimum absolute atomic E-state index is 0.121. The van der Waals surface area contributed by atoms with Gasteiger partial charge in [0.25, 0.3) is 5.91 Å². The first-order valence-electron chi connectivity index (χ1n) is 7.14. The molecule has 2 aliphatic heterocycles. The molecule has 3 heterocycles. The van der Waals surface area contributed by atoms with E-state index in [1.807, 2.05) is 6.07 Å². The predicted octanol–water partition coefficient (Wildman–Crippen LogP) is 2.72. The van der Waals surface area contributed by atoms with Crippen molar-refractivity contribution < 1.29 is 4.79 Å². The van der Waals surface area contributed by atoms with Crippen LogP contribution in [-0.2, 0) is 0 Å². The van der Waals surface area contributed by atoms with Gasteiger partial charge in [0.2, 0.25) is 0 Å². The van der Waals surface area contributed by atoms with E-state index < -0.39 is 0 Å². The average molecular weight is 278 g/mol. The van der Waals surface area contributed by atoms with Crippen LogP contribution < -0.4 is 5.32 Å². The lowest BCUT2D eigenvalue weighted by Gasteiger charge is -2.36. The summed E-state index contributed by atoms with van der Waals surface area (Å²) in [7, 11) is 2.23. The van der Waals surface area contributed by atoms with Crippen LogP contribution in [-0.4, -0.2) is 36.0 Å². The van der Waals surface area contributed by atoms with E-state index in [0.717, 1.165) is 17.7 Å². The van der Waals surface area contributed by atoms with E-state index in [1.54, 1.807) is 11.3 Å². The zero-order chi connectivity index (χ0) is 13.6. The first kappa shape index (κ1) is 13.1. The Morgan fingerprint density at radius 1 is 1.32 bits per heavy atom. The molecule has 0 spiro atoms. The Labute approximate surface area is 119 Å². The summed E-state index contributed by atoms with van der Waals surface area (Å²) in [5.74, 6) is 0.121. The molecule has 3 nitrogen and oxygen atoms in total. The van der Waals surface area contributed by atoms with Crippen molar-refractivity contribution in [3.63, 3.8) is 0 Å². The molecule has 2 aliphatic rings. The van der Waals surface area contributed by atoms with E-state index in [1.165, 1.54) is 23.3 Å². The number of nitrogens with zero attached hydrogens (tertiary/aromatic N) is 1. The molecule has 1 aromatic heterocycles. The second kappa shape index (κ2) is 4.91. The first-order chi connectivity index (χ1) is 9.04. The molecule has 4 heteroatoms. The molecule has 0 saturated carbocycles. The molecule has 2 fully saturated rings. The highest BCUT2D eigenvalue weighted by Crippen LogP contribution is 2.34. The van der Waals surface area contributed by atoms with E-state index in [2.05, 4.69) is 31.1 Å². The normalized spacial score (nSPS) is 30.6. The van der Waals surface area contributed by atoms with Crippen LogP contribution >= 0.6 is 11.3 Å². The minimum atomic E-state index is 0.121. The molecule has 19 heavy (non-hydrogen) atoms. The van der Waals surface area contributed by atoms with Gasteiger partial charge >= 0.3 is 0 Å². The van der Waals surface area contributed by atoms with Gasteiger partial charge in [-0.25, -0.2) is 0 Å². The highest BCUT2D eigenvalue weighted by atomic mass is 32.1. The maximum Gasteiger partial charge on any atom is 0.261 e. The highest BCUT2D eigenvalue weighted by Gasteiger charge is 2.38. The lowest BCUT2D eigenvalue weighted by Crippen LogP contribution is -2.48. The van der Waals surface area contributed by atoms with E-state index in [9.17, 15) is 4.79 Å². The summed E-state index contributed by atoms with van der Waals surface area (Å²) in [6.07, 6.45) is 4.82. The van der Waals surface area contributed by atoms with Gasteiger partial charge in [-0.3, -0.25) is 4.79 Å². The van der Waals surface area contributed by atoms with Crippen LogP contribution in [0.15, 0.2) is 6.07 Å². The van der Waals surface area contributed by atoms with Gasteiger partial charge in [0, 0.05) is 23.0 Å². The molecule has 2 saturated heterocycles. The van der Waals surface area contributed by atoms with Gasteiger partial charge in [0.15, 0.2) is 0 Å². The third-order valence-corrected chi connectivity index (χ3v) is 5.97. The second-order valence-corrected chi connectivity index (χ2v) is 7.30. The standard InChI is InChI=1S/C15H22N2OS/c1-9-6-14(19-10(9)2)15(18)16-11-7-12-4-5-13(8-11)17(12)3/h6,11-13H,4-5,7-8H2,1-3H3,(H,16,18)/t12-,13-/m0/s1. The number of aryl methyl sites for hydroxylation is 2. The van der Waals surface area contributed by atoms with Crippen molar-refractivity contribution in [2.45, 2.75) is 57.7 Å². The number of rotatable bonds is 2. The summed E-state index contributed by atoms with van der Waals surface area (Å²) in [4.78, 5) is 16.9. The van der Waals surface area contributed by atoms with E-state index in [0.29, 0.717) is 18.1 Å². The summed E-state index contributed by atoms with van der Waals surface area (Å²) in [5, 5.41) is 3.24. The summed E-state index contributed by atoms with van der Waals surface area (Å²) in [6.45, 7) is 4.14. The van der Waals surface area contributed by atoms with Gasteiger partial charge in [-0.2, -0.15) is 0 Å². The van der Waals surface area contributed by atoms with E-state index >= 15 is 0 Å². The number of thiophene rings is 1. The van der Waals surface area contributed by atoms with Crippen LogP contribution in [0.5, 0.6) is 0 Å². The maximum atomic E-state index is 12.3. The van der Waals surface area contributed by atoms with Gasteiger partial charge < -0.3 is 10.2 Å². The number of hydrogen-bond donors (Lipinski definition) is 1. The molecule has 0 unspecified atom stereocenters. The Bertz CT molecular complexity index is 463. The summed E-state index contributed by atoms with van der Waals surface area (Å²) in [6, 6.07) is 3.73. The molecular weight excluding hydrogens is 256 g/mol. The van der Waals surface area contributed by atoms with Crippen molar-refractivity contribution >= 4 is 17.2 Å². The van der Waals surface area contributed by atoms with Gasteiger partial charge in [-0.1, -0.05) is 0 Å². The Kier molecular flexibility index (Phi) is 3.39. The first-order valence-corrected chi connectivity index (χ1v) is 7.96. The van der Waals surface area contributed by atoms with Crippen molar-refractivity contribution in [2.75, 3.05) is 7.05 Å². The second-order valence-electron chi connectivity index (χ2n) is 6.04. The molecule has 0 aliphatic carbocycles. The van der Waals surface area contributed by atoms with Crippen molar-refractivity contribution in [3.05, 3.63) is 21.4 Å². The highest BCUT2D eigenvalue weighted by molar-refractivity contribution is 7.14. The Morgan fingerprint density at radius 3 is 2.47 bits per heavy atom. The van der Waals surface area contributed by atoms with Crippen LogP contribution in [0, 0.1) is 13.8 Å². The Balaban J connectivity index is 1.64. The number of hydrogen-bond acceptors (Lipinski definition) is 3. The monoisotopic (exact) mass is 278 g/mol. The number of amides is 1. The zero-order valence-electron chi connectivity index (χ0n) is 11.9. The third kappa shape index (κ3) is 2.43. The molecule has 2 atom stereocenters. The Morgan fingerprint density at radius 2 is 1.95 bits per heavy atom. The van der Waals surface area contributed by atoms with Crippen molar-refractivity contribution in [1.82, 2.24) is 10.2 Å². The molecule has 3 rings (SSSR count). The van der Waals surface area contributed by atoms with E-state index in [4.69, 9.17) is 0 Å². The topological polar surface area (TPSA) is 32.3 Å². The van der Waals surface area contributed by atoms with Crippen LogP contribution in [0.4, 0.5) is 0 Å². The fraction of sp³-hybridized carbons (Fsp3) is 0.667. The van der Waals surface area contributed by atoms with Crippen LogP contribution in [0.2, 0.25) is 0 Å². The van der Waals surface area contributed by atoms with Crippen molar-refractivity contribution in [1.29, 1.82) is 0 Å². The largest absolute Gasteiger partial charge is 0.348 e. The lowest BCUT2D eigenvalue weighted by atomic mass is 9.98. The smallest absolute Gasteiger partial charge is 0.261 e. The predicted molar refractivity (Wildman–Crippen MR) is 78.9 cm³/mol. The van der Waals surface area contributed by atoms with Gasteiger partial charge in [-0.15, -0.1) is 11.3 Å². The van der Waals surface area contributed by atoms with Gasteiger partial charge in [-0.05, 0) is 58.2 Å². The number of carbonyl (C=O) groups excluding carboxylic acids is 1. The third-order valence-electron chi connectivity index (χ3n) is 4.82. The number of piperidine rings is 1. The fourth-order valence-corrected chi connectivity index (χ4v) is 4.41. The molecular formula is C15H22N2OS. The molecule has 0 aromatic carbocycles. The molecule has 2 bridgehead atoms. The lowest BCUT2D eigenvalue weighted by molar-refractivity contribution is 0.0886. The van der Waals surface area contributed by atoms with Crippen LogP contribution in [0.25, 0.3) is 0 Å². The molecule has 1 amide bonds. The van der Waals surface area contributed by atoms with Crippen molar-refractivity contribution in [2.24, 2.45) is 0 Å². The van der Waals surface area contributed by atoms with Gasteiger partial charge in [0.1, 0.15) is 0 Å². The van der Waals surface area contributed by atoms with Crippen LogP contribution in [0.3, 0.4) is 0 Å². The zero-order valence-corrected chi connectivity index (χ0v) is 12.7. The van der Waals surface area contributed by atoms with E-state index in [-0.39, 0.29) is 5.91 Å².